The molecule has 4 aromatic carbocycles. The SMILES string of the molecule is C=C/C(F)=C(\F)c1c(F)c(F)c(S(c2c(F)c(F)c(C(F)=C(F)F)c(F)c2F)(c2c(F)c(F)c(C(F)=C(F)F)c(F)c2F)c2c(F)c(F)c(C(F)=C(F)F)c(F)c2F)c(F)c1F. The molecule has 0 atom stereocenters. The van der Waals surface area contributed by atoms with Crippen molar-refractivity contribution < 1.29 is 119 Å². The quantitative estimate of drug-likeness (QED) is 0.0891. The lowest BCUT2D eigenvalue weighted by molar-refractivity contribution is 0.385. The number of rotatable bonds is 9. The molecule has 4 rings (SSSR count). The number of benzene rings is 4. The van der Waals surface area contributed by atoms with Crippen molar-refractivity contribution in [3.05, 3.63) is 152 Å². The van der Waals surface area contributed by atoms with Gasteiger partial charge < -0.3 is 0 Å². The molecular weight excluding hydrogens is 953 g/mol. The molecule has 0 unspecified atom stereocenters. The predicted molar refractivity (Wildman–Crippen MR) is 156 cm³/mol. The minimum atomic E-state index is -8.34. The van der Waals surface area contributed by atoms with Crippen LogP contribution in [0.4, 0.5) is 119 Å². The number of hydrogen-bond donors (Lipinski definition) is 0. The summed E-state index contributed by atoms with van der Waals surface area (Å²) in [5, 5.41) is 0. The van der Waals surface area contributed by atoms with Crippen molar-refractivity contribution in [2.24, 2.45) is 0 Å². The molecule has 334 valence electrons. The highest BCUT2D eigenvalue weighted by molar-refractivity contribution is 8.34. The Bertz CT molecular complexity index is 2430. The van der Waals surface area contributed by atoms with E-state index in [1.165, 1.54) is 0 Å². The van der Waals surface area contributed by atoms with Gasteiger partial charge in [0.2, 0.25) is 17.5 Å². The molecule has 62 heavy (non-hydrogen) atoms. The third-order valence-corrected chi connectivity index (χ3v) is 11.8. The van der Waals surface area contributed by atoms with E-state index in [1.54, 1.807) is 0 Å². The average molecular weight is 956 g/mol. The van der Waals surface area contributed by atoms with Crippen molar-refractivity contribution in [2.75, 3.05) is 0 Å². The highest BCUT2D eigenvalue weighted by Gasteiger charge is 2.55. The molecule has 0 saturated heterocycles. The largest absolute Gasteiger partial charge is 0.306 e. The molecular formula is C34H3F27S. The Kier molecular flexibility index (Phi) is 13.4. The first-order valence-electron chi connectivity index (χ1n) is 14.6. The third kappa shape index (κ3) is 6.94. The molecule has 0 nitrogen and oxygen atoms in total. The smallest absolute Gasteiger partial charge is 0.204 e. The van der Waals surface area contributed by atoms with Gasteiger partial charge in [0, 0.05) is 0 Å². The van der Waals surface area contributed by atoms with Gasteiger partial charge in [-0.05, 0) is 6.08 Å². The molecule has 0 bridgehead atoms. The summed E-state index contributed by atoms with van der Waals surface area (Å²) in [6, 6.07) is 0. The zero-order valence-electron chi connectivity index (χ0n) is 27.9. The van der Waals surface area contributed by atoms with E-state index in [2.05, 4.69) is 6.58 Å². The highest BCUT2D eigenvalue weighted by atomic mass is 32.3. The summed E-state index contributed by atoms with van der Waals surface area (Å²) in [5.41, 5.74) is -13.5. The molecule has 0 aliphatic heterocycles. The van der Waals surface area contributed by atoms with Gasteiger partial charge in [-0.1, -0.05) is 6.58 Å². The van der Waals surface area contributed by atoms with Gasteiger partial charge in [-0.2, -0.15) is 26.3 Å². The van der Waals surface area contributed by atoms with Crippen LogP contribution in [0, 0.1) is 93.1 Å². The van der Waals surface area contributed by atoms with Crippen LogP contribution in [0.2, 0.25) is 0 Å². The lowest BCUT2D eigenvalue weighted by Gasteiger charge is -2.43. The zero-order chi connectivity index (χ0) is 47.7. The Balaban J connectivity index is 2.78. The van der Waals surface area contributed by atoms with Crippen LogP contribution in [-0.4, -0.2) is 0 Å². The van der Waals surface area contributed by atoms with Gasteiger partial charge in [0.25, 0.3) is 0 Å². The second kappa shape index (κ2) is 17.1. The minimum Gasteiger partial charge on any atom is -0.204 e. The predicted octanol–water partition coefficient (Wildman–Crippen LogP) is 15.7. The van der Waals surface area contributed by atoms with E-state index < -0.39 is 198 Å². The van der Waals surface area contributed by atoms with Gasteiger partial charge >= 0.3 is 18.2 Å². The van der Waals surface area contributed by atoms with E-state index in [1.807, 2.05) is 0 Å². The van der Waals surface area contributed by atoms with Gasteiger partial charge in [0.05, 0.1) is 41.8 Å². The molecule has 0 fully saturated rings. The van der Waals surface area contributed by atoms with Gasteiger partial charge in [-0.15, -0.1) is 10.0 Å². The van der Waals surface area contributed by atoms with Gasteiger partial charge in [-0.25, -0.2) is 92.2 Å². The van der Waals surface area contributed by atoms with Crippen molar-refractivity contribution in [2.45, 2.75) is 19.6 Å². The molecule has 0 spiro atoms. The first kappa shape index (κ1) is 48.7. The summed E-state index contributed by atoms with van der Waals surface area (Å²) in [7, 11) is -8.34. The molecule has 0 saturated carbocycles. The second-order valence-electron chi connectivity index (χ2n) is 11.0. The Labute approximate surface area is 323 Å². The Hall–Kier alpha value is -5.96. The lowest BCUT2D eigenvalue weighted by atomic mass is 10.1. The summed E-state index contributed by atoms with van der Waals surface area (Å²) in [4.78, 5) is -16.2. The standard InChI is InChI=1S/C34H3F27S/c1-2-3(35)8(36)4-9(37)20(48)28(21(49)10(4)38)62(29-22(50)11(39)5(12(40)23(29)51)17(45)32(56)57,30-24(52)13(41)6(14(42)25(30)53)18(46)33(58)59)31-26(54)15(43)7(16(44)27(31)55)19(47)34(60)61/h2H,1H2/b8-3+. The maximum absolute atomic E-state index is 16.4. The van der Waals surface area contributed by atoms with Crippen molar-refractivity contribution >= 4 is 33.3 Å². The normalized spacial score (nSPS) is 12.4. The molecule has 0 aliphatic rings. The fourth-order valence-corrected chi connectivity index (χ4v) is 9.49. The molecule has 0 amide bonds. The maximum Gasteiger partial charge on any atom is 0.306 e. The third-order valence-electron chi connectivity index (χ3n) is 7.88. The summed E-state index contributed by atoms with van der Waals surface area (Å²) < 4.78 is 405. The van der Waals surface area contributed by atoms with Crippen LogP contribution in [0.3, 0.4) is 0 Å². The lowest BCUT2D eigenvalue weighted by Crippen LogP contribution is -2.24. The van der Waals surface area contributed by atoms with Crippen LogP contribution < -0.4 is 0 Å². The summed E-state index contributed by atoms with van der Waals surface area (Å²) in [6.07, 6.45) is -12.5. The molecule has 28 heteroatoms. The summed E-state index contributed by atoms with van der Waals surface area (Å²) >= 11 is 0. The van der Waals surface area contributed by atoms with Crippen molar-refractivity contribution in [3.8, 4) is 0 Å². The monoisotopic (exact) mass is 956 g/mol. The molecule has 0 aromatic heterocycles. The molecule has 0 heterocycles. The van der Waals surface area contributed by atoms with E-state index in [0.717, 1.165) is 0 Å². The highest BCUT2D eigenvalue weighted by Crippen LogP contribution is 2.78. The van der Waals surface area contributed by atoms with Crippen LogP contribution in [0.5, 0.6) is 0 Å². The van der Waals surface area contributed by atoms with E-state index in [9.17, 15) is 48.3 Å². The number of halogens is 27. The summed E-state index contributed by atoms with van der Waals surface area (Å²) in [6.45, 7) is 2.49. The van der Waals surface area contributed by atoms with Crippen LogP contribution in [0.25, 0.3) is 23.3 Å². The molecule has 0 radical (unpaired) electrons. The zero-order valence-corrected chi connectivity index (χ0v) is 28.7. The Morgan fingerprint density at radius 1 is 0.274 bits per heavy atom. The molecule has 0 aliphatic carbocycles. The first-order valence-corrected chi connectivity index (χ1v) is 16.2. The summed E-state index contributed by atoms with van der Waals surface area (Å²) in [5.74, 6) is -81.9. The topological polar surface area (TPSA) is 0 Å². The van der Waals surface area contributed by atoms with Crippen LogP contribution >= 0.6 is 10.0 Å². The van der Waals surface area contributed by atoms with E-state index in [4.69, 9.17) is 0 Å². The minimum absolute atomic E-state index is 0.392. The Morgan fingerprint density at radius 3 is 0.581 bits per heavy atom. The van der Waals surface area contributed by atoms with Crippen LogP contribution in [0.15, 0.2) is 56.3 Å². The van der Waals surface area contributed by atoms with Crippen LogP contribution in [-0.2, 0) is 0 Å². The van der Waals surface area contributed by atoms with Gasteiger partial charge in [-0.3, -0.25) is 0 Å². The van der Waals surface area contributed by atoms with E-state index >= 15 is 70.2 Å². The molecule has 4 aromatic rings. The van der Waals surface area contributed by atoms with Gasteiger partial charge in [0.1, 0.15) is 0 Å². The number of hydrogen-bond acceptors (Lipinski definition) is 0. The Morgan fingerprint density at radius 2 is 0.435 bits per heavy atom. The average Bonchev–Trinajstić information content (AvgIpc) is 3.20. The fourth-order valence-electron chi connectivity index (χ4n) is 5.40. The number of allylic oxidation sites excluding steroid dienone is 2. The van der Waals surface area contributed by atoms with Crippen LogP contribution in [0.1, 0.15) is 22.3 Å². The maximum atomic E-state index is 16.4. The van der Waals surface area contributed by atoms with E-state index in [0.29, 0.717) is 0 Å². The van der Waals surface area contributed by atoms with E-state index in [-0.39, 0.29) is 0 Å². The van der Waals surface area contributed by atoms with Crippen molar-refractivity contribution in [1.29, 1.82) is 0 Å². The van der Waals surface area contributed by atoms with Gasteiger partial charge in [0.15, 0.2) is 105 Å². The first-order chi connectivity index (χ1) is 28.5. The van der Waals surface area contributed by atoms with Crippen molar-refractivity contribution in [1.82, 2.24) is 0 Å². The molecule has 0 N–H and O–H groups in total. The second-order valence-corrected chi connectivity index (χ2v) is 13.9. The fraction of sp³-hybridized carbons (Fsp3) is 0. The van der Waals surface area contributed by atoms with Crippen molar-refractivity contribution in [3.63, 3.8) is 0 Å².